The zero-order valence-corrected chi connectivity index (χ0v) is 16.7. The molecular weight excluding hydrogens is 417 g/mol. The Hall–Kier alpha value is -2.98. The molecule has 0 aliphatic heterocycles. The molecule has 30 heavy (non-hydrogen) atoms. The summed E-state index contributed by atoms with van der Waals surface area (Å²) in [5.41, 5.74) is 3.85. The van der Waals surface area contributed by atoms with Crippen molar-refractivity contribution in [3.63, 3.8) is 0 Å². The highest BCUT2D eigenvalue weighted by molar-refractivity contribution is 6.99. The van der Waals surface area contributed by atoms with E-state index in [1.54, 1.807) is 31.3 Å². The first-order chi connectivity index (χ1) is 14.4. The predicted octanol–water partition coefficient (Wildman–Crippen LogP) is 4.75. The van der Waals surface area contributed by atoms with E-state index in [0.717, 1.165) is 30.1 Å². The zero-order chi connectivity index (χ0) is 21.3. The standard InChI is InChI=1S/C20H17F3N4O2S/c1-10-6-12(16-8-24-30-27-16)4-5-15(10)25-19-13(7-14(21)17(22)18(19)23)20(28)26-29-9-11-2-3-11/h4-8,11,25H,2-3,9H2,1H3,(H,26,28). The molecule has 0 unspecified atom stereocenters. The largest absolute Gasteiger partial charge is 0.352 e. The quantitative estimate of drug-likeness (QED) is 0.415. The molecule has 1 aromatic heterocycles. The Morgan fingerprint density at radius 3 is 2.70 bits per heavy atom. The fourth-order valence-electron chi connectivity index (χ4n) is 2.85. The number of amides is 1. The van der Waals surface area contributed by atoms with Crippen LogP contribution in [0.4, 0.5) is 24.5 Å². The van der Waals surface area contributed by atoms with E-state index in [4.69, 9.17) is 4.84 Å². The van der Waals surface area contributed by atoms with Gasteiger partial charge in [-0.3, -0.25) is 9.63 Å². The molecule has 1 fully saturated rings. The van der Waals surface area contributed by atoms with Crippen LogP contribution in [0.5, 0.6) is 0 Å². The second kappa shape index (κ2) is 8.41. The fraction of sp³-hybridized carbons (Fsp3) is 0.250. The number of carbonyl (C=O) groups is 1. The van der Waals surface area contributed by atoms with Gasteiger partial charge < -0.3 is 5.32 Å². The predicted molar refractivity (Wildman–Crippen MR) is 106 cm³/mol. The SMILES string of the molecule is Cc1cc(-c2cnsn2)ccc1Nc1c(C(=O)NOCC2CC2)cc(F)c(F)c1F. The molecule has 10 heteroatoms. The van der Waals surface area contributed by atoms with Gasteiger partial charge in [0, 0.05) is 11.3 Å². The lowest BCUT2D eigenvalue weighted by atomic mass is 10.1. The van der Waals surface area contributed by atoms with E-state index in [-0.39, 0.29) is 0 Å². The second-order valence-electron chi connectivity index (χ2n) is 7.04. The highest BCUT2D eigenvalue weighted by atomic mass is 32.1. The summed E-state index contributed by atoms with van der Waals surface area (Å²) in [5, 5.41) is 2.71. The first kappa shape index (κ1) is 20.3. The van der Waals surface area contributed by atoms with E-state index in [1.165, 1.54) is 0 Å². The van der Waals surface area contributed by atoms with Gasteiger partial charge in [-0.15, -0.1) is 0 Å². The number of hydrogen-bond acceptors (Lipinski definition) is 6. The van der Waals surface area contributed by atoms with Crippen LogP contribution in [0.3, 0.4) is 0 Å². The number of aromatic nitrogens is 2. The van der Waals surface area contributed by atoms with Gasteiger partial charge in [0.2, 0.25) is 0 Å². The summed E-state index contributed by atoms with van der Waals surface area (Å²) in [4.78, 5) is 17.5. The van der Waals surface area contributed by atoms with Crippen LogP contribution in [-0.2, 0) is 4.84 Å². The van der Waals surface area contributed by atoms with Gasteiger partial charge >= 0.3 is 0 Å². The van der Waals surface area contributed by atoms with Gasteiger partial charge in [-0.25, -0.2) is 18.7 Å². The van der Waals surface area contributed by atoms with Crippen molar-refractivity contribution in [2.45, 2.75) is 19.8 Å². The van der Waals surface area contributed by atoms with E-state index in [2.05, 4.69) is 19.5 Å². The van der Waals surface area contributed by atoms with Crippen molar-refractivity contribution >= 4 is 29.0 Å². The molecule has 1 saturated carbocycles. The monoisotopic (exact) mass is 434 g/mol. The minimum absolute atomic E-state index is 0.312. The number of benzene rings is 2. The number of aryl methyl sites for hydroxylation is 1. The van der Waals surface area contributed by atoms with Gasteiger partial charge in [0.05, 0.1) is 35.8 Å². The Morgan fingerprint density at radius 2 is 2.03 bits per heavy atom. The van der Waals surface area contributed by atoms with E-state index in [0.29, 0.717) is 35.5 Å². The van der Waals surface area contributed by atoms with Crippen LogP contribution >= 0.6 is 11.7 Å². The molecule has 156 valence electrons. The Labute approximate surface area is 174 Å². The van der Waals surface area contributed by atoms with E-state index >= 15 is 0 Å². The van der Waals surface area contributed by atoms with Crippen molar-refractivity contribution in [1.82, 2.24) is 14.2 Å². The third-order valence-corrected chi connectivity index (χ3v) is 5.21. The summed E-state index contributed by atoms with van der Waals surface area (Å²) in [6.07, 6.45) is 3.63. The zero-order valence-electron chi connectivity index (χ0n) is 15.8. The molecule has 3 aromatic rings. The summed E-state index contributed by atoms with van der Waals surface area (Å²) in [5.74, 6) is -5.13. The van der Waals surface area contributed by atoms with Crippen molar-refractivity contribution in [3.8, 4) is 11.3 Å². The summed E-state index contributed by atoms with van der Waals surface area (Å²) in [6.45, 7) is 2.06. The van der Waals surface area contributed by atoms with E-state index in [9.17, 15) is 18.0 Å². The van der Waals surface area contributed by atoms with Crippen molar-refractivity contribution in [3.05, 3.63) is 59.0 Å². The van der Waals surface area contributed by atoms with Crippen LogP contribution in [0.1, 0.15) is 28.8 Å². The maximum atomic E-state index is 14.5. The first-order valence-electron chi connectivity index (χ1n) is 9.19. The van der Waals surface area contributed by atoms with Crippen molar-refractivity contribution < 1.29 is 22.8 Å². The van der Waals surface area contributed by atoms with Crippen LogP contribution in [0, 0.1) is 30.3 Å². The van der Waals surface area contributed by atoms with Crippen molar-refractivity contribution in [2.24, 2.45) is 5.92 Å². The smallest absolute Gasteiger partial charge is 0.277 e. The molecule has 6 nitrogen and oxygen atoms in total. The van der Waals surface area contributed by atoms with Gasteiger partial charge in [0.25, 0.3) is 5.91 Å². The maximum Gasteiger partial charge on any atom is 0.277 e. The summed E-state index contributed by atoms with van der Waals surface area (Å²) in [6, 6.07) is 5.79. The molecule has 0 spiro atoms. The van der Waals surface area contributed by atoms with Crippen LogP contribution in [0.25, 0.3) is 11.3 Å². The van der Waals surface area contributed by atoms with E-state index in [1.807, 2.05) is 0 Å². The number of rotatable bonds is 7. The Bertz CT molecular complexity index is 1090. The van der Waals surface area contributed by atoms with Crippen LogP contribution in [0.15, 0.2) is 30.5 Å². The third-order valence-electron chi connectivity index (χ3n) is 4.73. The highest BCUT2D eigenvalue weighted by Gasteiger charge is 2.25. The molecule has 0 saturated heterocycles. The van der Waals surface area contributed by atoms with E-state index < -0.39 is 34.6 Å². The van der Waals surface area contributed by atoms with Crippen LogP contribution < -0.4 is 10.8 Å². The Balaban J connectivity index is 1.62. The van der Waals surface area contributed by atoms with Gasteiger partial charge in [-0.2, -0.15) is 8.75 Å². The molecule has 2 aromatic carbocycles. The number of nitrogens with one attached hydrogen (secondary N) is 2. The molecule has 0 radical (unpaired) electrons. The Morgan fingerprint density at radius 1 is 1.23 bits per heavy atom. The third kappa shape index (κ3) is 4.29. The summed E-state index contributed by atoms with van der Waals surface area (Å²) >= 11 is 1.07. The topological polar surface area (TPSA) is 76.1 Å². The van der Waals surface area contributed by atoms with Crippen LogP contribution in [-0.4, -0.2) is 21.3 Å². The molecule has 1 amide bonds. The molecule has 1 heterocycles. The van der Waals surface area contributed by atoms with Gasteiger partial charge in [-0.05, 0) is 49.4 Å². The van der Waals surface area contributed by atoms with Gasteiger partial charge in [0.1, 0.15) is 5.69 Å². The number of anilines is 2. The number of hydrogen-bond donors (Lipinski definition) is 2. The molecule has 1 aliphatic carbocycles. The minimum atomic E-state index is -1.67. The molecule has 0 atom stereocenters. The number of carbonyl (C=O) groups excluding carboxylic acids is 1. The lowest BCUT2D eigenvalue weighted by Gasteiger charge is -2.16. The van der Waals surface area contributed by atoms with Crippen molar-refractivity contribution in [1.29, 1.82) is 0 Å². The van der Waals surface area contributed by atoms with Gasteiger partial charge in [-0.1, -0.05) is 6.07 Å². The fourth-order valence-corrected chi connectivity index (χ4v) is 3.29. The first-order valence-corrected chi connectivity index (χ1v) is 9.92. The average molecular weight is 434 g/mol. The Kier molecular flexibility index (Phi) is 5.69. The highest BCUT2D eigenvalue weighted by Crippen LogP contribution is 2.32. The molecule has 1 aliphatic rings. The summed E-state index contributed by atoms with van der Waals surface area (Å²) in [7, 11) is 0. The normalized spacial score (nSPS) is 13.3. The molecule has 0 bridgehead atoms. The molecule has 2 N–H and O–H groups in total. The number of hydroxylamine groups is 1. The lowest BCUT2D eigenvalue weighted by Crippen LogP contribution is -2.26. The molecule has 4 rings (SSSR count). The van der Waals surface area contributed by atoms with Crippen LogP contribution in [0.2, 0.25) is 0 Å². The minimum Gasteiger partial charge on any atom is -0.352 e. The average Bonchev–Trinajstić information content (AvgIpc) is 3.38. The second-order valence-corrected chi connectivity index (χ2v) is 7.60. The summed E-state index contributed by atoms with van der Waals surface area (Å²) < 4.78 is 50.3. The van der Waals surface area contributed by atoms with Gasteiger partial charge in [0.15, 0.2) is 17.5 Å². The maximum absolute atomic E-state index is 14.5. The lowest BCUT2D eigenvalue weighted by molar-refractivity contribution is 0.0270. The number of halogens is 3. The molecular formula is C20H17F3N4O2S. The van der Waals surface area contributed by atoms with Crippen molar-refractivity contribution in [2.75, 3.05) is 11.9 Å². The number of nitrogens with zero attached hydrogens (tertiary/aromatic N) is 2.